The van der Waals surface area contributed by atoms with Gasteiger partial charge in [-0.1, -0.05) is 37.3 Å². The zero-order chi connectivity index (χ0) is 9.97. The van der Waals surface area contributed by atoms with Gasteiger partial charge in [-0.15, -0.1) is 0 Å². The van der Waals surface area contributed by atoms with Crippen molar-refractivity contribution in [3.63, 3.8) is 0 Å². The second-order valence-corrected chi connectivity index (χ2v) is 4.27. The predicted octanol–water partition coefficient (Wildman–Crippen LogP) is 2.44. The molecular formula is C10H14ClN3. The van der Waals surface area contributed by atoms with E-state index in [4.69, 9.17) is 17.3 Å². The molecule has 14 heavy (non-hydrogen) atoms. The van der Waals surface area contributed by atoms with Crippen LogP contribution in [0.5, 0.6) is 0 Å². The quantitative estimate of drug-likeness (QED) is 0.765. The molecule has 0 radical (unpaired) electrons. The van der Waals surface area contributed by atoms with Crippen molar-refractivity contribution < 1.29 is 0 Å². The third kappa shape index (κ3) is 2.35. The van der Waals surface area contributed by atoms with E-state index in [1.54, 1.807) is 6.07 Å². The molecule has 2 rings (SSSR count). The van der Waals surface area contributed by atoms with E-state index in [9.17, 15) is 0 Å². The van der Waals surface area contributed by atoms with Crippen LogP contribution in [0.25, 0.3) is 0 Å². The molecule has 0 amide bonds. The third-order valence-electron chi connectivity index (χ3n) is 2.71. The van der Waals surface area contributed by atoms with Crippen molar-refractivity contribution >= 4 is 17.4 Å². The number of nitrogen functional groups attached to an aromatic ring is 1. The Morgan fingerprint density at radius 3 is 2.71 bits per heavy atom. The average molecular weight is 212 g/mol. The number of rotatable bonds is 2. The molecule has 4 heteroatoms. The lowest BCUT2D eigenvalue weighted by Gasteiger charge is -2.07. The van der Waals surface area contributed by atoms with Crippen molar-refractivity contribution in [1.29, 1.82) is 0 Å². The first-order chi connectivity index (χ1) is 6.74. The van der Waals surface area contributed by atoms with Gasteiger partial charge in [-0.25, -0.2) is 9.97 Å². The molecule has 1 aliphatic carbocycles. The lowest BCUT2D eigenvalue weighted by atomic mass is 10.0. The average Bonchev–Trinajstić information content (AvgIpc) is 2.54. The van der Waals surface area contributed by atoms with Crippen molar-refractivity contribution in [2.45, 2.75) is 32.1 Å². The van der Waals surface area contributed by atoms with E-state index in [0.29, 0.717) is 11.0 Å². The smallest absolute Gasteiger partial charge is 0.134 e. The monoisotopic (exact) mass is 211 g/mol. The molecule has 2 N–H and O–H groups in total. The van der Waals surface area contributed by atoms with Gasteiger partial charge in [-0.05, 0) is 5.92 Å². The van der Waals surface area contributed by atoms with Gasteiger partial charge in [0.05, 0.1) is 0 Å². The van der Waals surface area contributed by atoms with Crippen molar-refractivity contribution in [2.75, 3.05) is 5.73 Å². The van der Waals surface area contributed by atoms with Crippen LogP contribution in [0.1, 0.15) is 31.5 Å². The van der Waals surface area contributed by atoms with Gasteiger partial charge in [0.1, 0.15) is 16.8 Å². The fraction of sp³-hybridized carbons (Fsp3) is 0.600. The van der Waals surface area contributed by atoms with Crippen LogP contribution < -0.4 is 5.73 Å². The predicted molar refractivity (Wildman–Crippen MR) is 57.1 cm³/mol. The number of anilines is 1. The molecule has 1 aliphatic rings. The number of hydrogen-bond donors (Lipinski definition) is 1. The summed E-state index contributed by atoms with van der Waals surface area (Å²) in [6.45, 7) is 0. The van der Waals surface area contributed by atoms with E-state index in [0.717, 1.165) is 18.2 Å². The molecule has 1 aromatic rings. The summed E-state index contributed by atoms with van der Waals surface area (Å²) >= 11 is 5.80. The molecule has 1 heterocycles. The molecule has 1 aromatic heterocycles. The molecule has 0 saturated heterocycles. The summed E-state index contributed by atoms with van der Waals surface area (Å²) in [6.07, 6.45) is 6.16. The van der Waals surface area contributed by atoms with Gasteiger partial charge in [0.25, 0.3) is 0 Å². The molecule has 1 fully saturated rings. The van der Waals surface area contributed by atoms with E-state index in [1.807, 2.05) is 0 Å². The molecule has 0 atom stereocenters. The summed E-state index contributed by atoms with van der Waals surface area (Å²) in [7, 11) is 0. The second-order valence-electron chi connectivity index (χ2n) is 3.89. The lowest BCUT2D eigenvalue weighted by molar-refractivity contribution is 0.531. The van der Waals surface area contributed by atoms with Gasteiger partial charge >= 0.3 is 0 Å². The standard InChI is InChI=1S/C10H14ClN3/c11-8-6-9(12)14-10(13-8)5-7-3-1-2-4-7/h6-7H,1-5H2,(H2,12,13,14). The summed E-state index contributed by atoms with van der Waals surface area (Å²) in [5.74, 6) is 1.99. The van der Waals surface area contributed by atoms with Crippen molar-refractivity contribution in [3.05, 3.63) is 17.0 Å². The topological polar surface area (TPSA) is 51.8 Å². The largest absolute Gasteiger partial charge is 0.384 e. The summed E-state index contributed by atoms with van der Waals surface area (Å²) in [4.78, 5) is 8.35. The van der Waals surface area contributed by atoms with E-state index in [1.165, 1.54) is 25.7 Å². The number of nitrogens with two attached hydrogens (primary N) is 1. The van der Waals surface area contributed by atoms with E-state index in [2.05, 4.69) is 9.97 Å². The van der Waals surface area contributed by atoms with Crippen LogP contribution in [0, 0.1) is 5.92 Å². The van der Waals surface area contributed by atoms with Gasteiger partial charge in [-0.3, -0.25) is 0 Å². The zero-order valence-corrected chi connectivity index (χ0v) is 8.80. The van der Waals surface area contributed by atoms with Crippen molar-refractivity contribution in [3.8, 4) is 0 Å². The summed E-state index contributed by atoms with van der Waals surface area (Å²) in [5.41, 5.74) is 5.60. The Bertz CT molecular complexity index is 301. The molecule has 0 aliphatic heterocycles. The number of halogens is 1. The first kappa shape index (κ1) is 9.71. The summed E-state index contributed by atoms with van der Waals surface area (Å²) in [5, 5.41) is 0.450. The Morgan fingerprint density at radius 2 is 2.07 bits per heavy atom. The molecular weight excluding hydrogens is 198 g/mol. The number of nitrogens with zero attached hydrogens (tertiary/aromatic N) is 2. The molecule has 0 unspecified atom stereocenters. The molecule has 76 valence electrons. The van der Waals surface area contributed by atoms with Crippen LogP contribution >= 0.6 is 11.6 Å². The molecule has 1 saturated carbocycles. The minimum Gasteiger partial charge on any atom is -0.384 e. The summed E-state index contributed by atoms with van der Waals surface area (Å²) in [6, 6.07) is 1.58. The van der Waals surface area contributed by atoms with Gasteiger partial charge in [-0.2, -0.15) is 0 Å². The first-order valence-electron chi connectivity index (χ1n) is 5.03. The number of aromatic nitrogens is 2. The Labute approximate surface area is 88.7 Å². The number of hydrogen-bond acceptors (Lipinski definition) is 3. The minimum atomic E-state index is 0.450. The first-order valence-corrected chi connectivity index (χ1v) is 5.41. The molecule has 0 spiro atoms. The highest BCUT2D eigenvalue weighted by Gasteiger charge is 2.17. The van der Waals surface area contributed by atoms with Gasteiger partial charge < -0.3 is 5.73 Å². The van der Waals surface area contributed by atoms with Gasteiger partial charge in [0.2, 0.25) is 0 Å². The highest BCUT2D eigenvalue weighted by atomic mass is 35.5. The van der Waals surface area contributed by atoms with Crippen molar-refractivity contribution in [1.82, 2.24) is 9.97 Å². The van der Waals surface area contributed by atoms with E-state index < -0.39 is 0 Å². The van der Waals surface area contributed by atoms with Crippen LogP contribution in [-0.4, -0.2) is 9.97 Å². The van der Waals surface area contributed by atoms with Crippen LogP contribution in [-0.2, 0) is 6.42 Å². The zero-order valence-electron chi connectivity index (χ0n) is 8.04. The Balaban J connectivity index is 2.07. The Hall–Kier alpha value is -0.830. The maximum atomic E-state index is 5.80. The third-order valence-corrected chi connectivity index (χ3v) is 2.90. The lowest BCUT2D eigenvalue weighted by Crippen LogP contribution is -2.05. The van der Waals surface area contributed by atoms with E-state index in [-0.39, 0.29) is 0 Å². The molecule has 0 aromatic carbocycles. The van der Waals surface area contributed by atoms with Crippen LogP contribution in [0.3, 0.4) is 0 Å². The Morgan fingerprint density at radius 1 is 1.36 bits per heavy atom. The normalized spacial score (nSPS) is 17.5. The van der Waals surface area contributed by atoms with Crippen LogP contribution in [0.2, 0.25) is 5.15 Å². The summed E-state index contributed by atoms with van der Waals surface area (Å²) < 4.78 is 0. The SMILES string of the molecule is Nc1cc(Cl)nc(CC2CCCC2)n1. The highest BCUT2D eigenvalue weighted by Crippen LogP contribution is 2.27. The molecule has 0 bridgehead atoms. The van der Waals surface area contributed by atoms with E-state index >= 15 is 0 Å². The minimum absolute atomic E-state index is 0.450. The molecule has 3 nitrogen and oxygen atoms in total. The second kappa shape index (κ2) is 4.13. The van der Waals surface area contributed by atoms with Gasteiger partial charge in [0.15, 0.2) is 0 Å². The van der Waals surface area contributed by atoms with Crippen molar-refractivity contribution in [2.24, 2.45) is 5.92 Å². The fourth-order valence-corrected chi connectivity index (χ4v) is 2.26. The Kier molecular flexibility index (Phi) is 2.87. The maximum Gasteiger partial charge on any atom is 0.134 e. The maximum absolute atomic E-state index is 5.80. The van der Waals surface area contributed by atoms with Gasteiger partial charge in [0, 0.05) is 12.5 Å². The van der Waals surface area contributed by atoms with Crippen LogP contribution in [0.4, 0.5) is 5.82 Å². The van der Waals surface area contributed by atoms with Crippen LogP contribution in [0.15, 0.2) is 6.07 Å². The fourth-order valence-electron chi connectivity index (χ4n) is 2.05. The highest BCUT2D eigenvalue weighted by molar-refractivity contribution is 6.29.